The third-order valence-electron chi connectivity index (χ3n) is 4.52. The highest BCUT2D eigenvalue weighted by Gasteiger charge is 2.65. The smallest absolute Gasteiger partial charge is 0.408 e. The lowest BCUT2D eigenvalue weighted by molar-refractivity contribution is -0.169. The molecule has 0 aliphatic heterocycles. The molecule has 0 saturated heterocycles. The number of amides is 1. The molecule has 0 atom stereocenters. The standard InChI is InChI=1S/C15H23NO5/c1-13(2,3)21-12(20)16-15(6-4-5-7-15)14(11(18)19)8-10(17)9-14/h4-9H2,1-3H3,(H,16,20)(H,18,19). The molecule has 0 aromatic heterocycles. The second kappa shape index (κ2) is 5.00. The normalized spacial score (nSPS) is 23.3. The zero-order chi connectivity index (χ0) is 15.9. The summed E-state index contributed by atoms with van der Waals surface area (Å²) in [5.41, 5.74) is -2.68. The second-order valence-corrected chi connectivity index (χ2v) is 7.20. The number of alkyl carbamates (subject to hydrolysis) is 1. The van der Waals surface area contributed by atoms with Gasteiger partial charge in [-0.3, -0.25) is 9.59 Å². The number of carboxylic acid groups (broad SMARTS) is 1. The summed E-state index contributed by atoms with van der Waals surface area (Å²) in [5.74, 6) is -1.06. The first kappa shape index (κ1) is 15.8. The van der Waals surface area contributed by atoms with E-state index in [-0.39, 0.29) is 18.6 Å². The van der Waals surface area contributed by atoms with E-state index >= 15 is 0 Å². The number of ether oxygens (including phenoxy) is 1. The number of rotatable bonds is 3. The van der Waals surface area contributed by atoms with E-state index in [1.807, 2.05) is 0 Å². The Kier molecular flexibility index (Phi) is 3.76. The van der Waals surface area contributed by atoms with Gasteiger partial charge < -0.3 is 15.2 Å². The van der Waals surface area contributed by atoms with Gasteiger partial charge in [0.1, 0.15) is 16.8 Å². The number of nitrogens with one attached hydrogen (secondary N) is 1. The number of hydrogen-bond donors (Lipinski definition) is 2. The first-order valence-corrected chi connectivity index (χ1v) is 7.37. The lowest BCUT2D eigenvalue weighted by Crippen LogP contribution is -2.67. The summed E-state index contributed by atoms with van der Waals surface area (Å²) in [6.45, 7) is 5.27. The zero-order valence-electron chi connectivity index (χ0n) is 12.8. The second-order valence-electron chi connectivity index (χ2n) is 7.20. The summed E-state index contributed by atoms with van der Waals surface area (Å²) < 4.78 is 5.27. The van der Waals surface area contributed by atoms with Gasteiger partial charge in [-0.2, -0.15) is 0 Å². The van der Waals surface area contributed by atoms with E-state index in [1.165, 1.54) is 0 Å². The van der Waals surface area contributed by atoms with Crippen LogP contribution in [0.1, 0.15) is 59.3 Å². The zero-order valence-corrected chi connectivity index (χ0v) is 12.8. The molecule has 2 aliphatic carbocycles. The van der Waals surface area contributed by atoms with Gasteiger partial charge in [0, 0.05) is 12.8 Å². The third-order valence-corrected chi connectivity index (χ3v) is 4.52. The van der Waals surface area contributed by atoms with Crippen LogP contribution in [0.3, 0.4) is 0 Å². The van der Waals surface area contributed by atoms with Crippen molar-refractivity contribution in [3.05, 3.63) is 0 Å². The van der Waals surface area contributed by atoms with Crippen LogP contribution in [0.15, 0.2) is 0 Å². The van der Waals surface area contributed by atoms with Crippen LogP contribution in [0.4, 0.5) is 4.79 Å². The van der Waals surface area contributed by atoms with Crippen LogP contribution in [-0.4, -0.2) is 34.1 Å². The van der Waals surface area contributed by atoms with E-state index in [4.69, 9.17) is 4.74 Å². The van der Waals surface area contributed by atoms with Crippen LogP contribution in [0, 0.1) is 5.41 Å². The molecule has 0 unspecified atom stereocenters. The molecule has 2 aliphatic rings. The minimum absolute atomic E-state index is 0.00185. The lowest BCUT2D eigenvalue weighted by Gasteiger charge is -2.50. The molecule has 0 radical (unpaired) electrons. The van der Waals surface area contributed by atoms with Crippen molar-refractivity contribution >= 4 is 17.8 Å². The number of Topliss-reactive ketones (excluding diaryl/α,β-unsaturated/α-hetero) is 1. The maximum atomic E-state index is 12.1. The predicted octanol–water partition coefficient (Wildman–Crippen LogP) is 2.26. The quantitative estimate of drug-likeness (QED) is 0.833. The monoisotopic (exact) mass is 297 g/mol. The summed E-state index contributed by atoms with van der Waals surface area (Å²) in [6, 6.07) is 0. The van der Waals surface area contributed by atoms with Crippen molar-refractivity contribution in [1.29, 1.82) is 0 Å². The maximum Gasteiger partial charge on any atom is 0.408 e. The van der Waals surface area contributed by atoms with Gasteiger partial charge in [-0.05, 0) is 33.6 Å². The predicted molar refractivity (Wildman–Crippen MR) is 74.9 cm³/mol. The molecular weight excluding hydrogens is 274 g/mol. The molecule has 0 spiro atoms. The summed E-state index contributed by atoms with van der Waals surface area (Å²) in [4.78, 5) is 35.3. The highest BCUT2D eigenvalue weighted by atomic mass is 16.6. The molecule has 2 saturated carbocycles. The van der Waals surface area contributed by atoms with Gasteiger partial charge in [0.05, 0.1) is 5.54 Å². The SMILES string of the molecule is CC(C)(C)OC(=O)NC1(C2(C(=O)O)CC(=O)C2)CCCC1. The molecule has 2 fully saturated rings. The molecule has 21 heavy (non-hydrogen) atoms. The Morgan fingerprint density at radius 3 is 2.10 bits per heavy atom. The van der Waals surface area contributed by atoms with Crippen LogP contribution in [0.25, 0.3) is 0 Å². The molecule has 0 bridgehead atoms. The highest BCUT2D eigenvalue weighted by molar-refractivity contribution is 5.98. The van der Waals surface area contributed by atoms with Crippen LogP contribution < -0.4 is 5.32 Å². The Morgan fingerprint density at radius 2 is 1.71 bits per heavy atom. The Balaban J connectivity index is 2.23. The molecule has 0 heterocycles. The van der Waals surface area contributed by atoms with Crippen LogP contribution in [0.2, 0.25) is 0 Å². The molecule has 2 N–H and O–H groups in total. The molecule has 0 aromatic rings. The fourth-order valence-electron chi connectivity index (χ4n) is 3.52. The lowest BCUT2D eigenvalue weighted by atomic mass is 9.55. The fraction of sp³-hybridized carbons (Fsp3) is 0.800. The Bertz CT molecular complexity index is 463. The molecule has 6 heteroatoms. The topological polar surface area (TPSA) is 92.7 Å². The average Bonchev–Trinajstić information content (AvgIpc) is 2.70. The third kappa shape index (κ3) is 2.76. The number of ketones is 1. The molecule has 0 aromatic carbocycles. The van der Waals surface area contributed by atoms with Crippen LogP contribution >= 0.6 is 0 Å². The van der Waals surface area contributed by atoms with Crippen molar-refractivity contribution < 1.29 is 24.2 Å². The minimum atomic E-state index is -1.17. The van der Waals surface area contributed by atoms with Gasteiger partial charge in [-0.25, -0.2) is 4.79 Å². The van der Waals surface area contributed by atoms with Crippen molar-refractivity contribution in [1.82, 2.24) is 5.32 Å². The Hall–Kier alpha value is -1.59. The van der Waals surface area contributed by atoms with Gasteiger partial charge in [-0.1, -0.05) is 12.8 Å². The van der Waals surface area contributed by atoms with E-state index in [0.717, 1.165) is 12.8 Å². The van der Waals surface area contributed by atoms with E-state index in [1.54, 1.807) is 20.8 Å². The van der Waals surface area contributed by atoms with Crippen LogP contribution in [0.5, 0.6) is 0 Å². The van der Waals surface area contributed by atoms with Crippen molar-refractivity contribution in [3.63, 3.8) is 0 Å². The average molecular weight is 297 g/mol. The number of carboxylic acids is 1. The minimum Gasteiger partial charge on any atom is -0.481 e. The van der Waals surface area contributed by atoms with E-state index < -0.39 is 28.6 Å². The van der Waals surface area contributed by atoms with Gasteiger partial charge in [0.15, 0.2) is 0 Å². The number of aliphatic carboxylic acids is 1. The van der Waals surface area contributed by atoms with Gasteiger partial charge in [0.25, 0.3) is 0 Å². The first-order valence-electron chi connectivity index (χ1n) is 7.37. The number of hydrogen-bond acceptors (Lipinski definition) is 4. The Labute approximate surface area is 124 Å². The molecule has 6 nitrogen and oxygen atoms in total. The molecule has 1 amide bonds. The van der Waals surface area contributed by atoms with Crippen LogP contribution in [-0.2, 0) is 14.3 Å². The first-order chi connectivity index (χ1) is 9.60. The van der Waals surface area contributed by atoms with Gasteiger partial charge in [-0.15, -0.1) is 0 Å². The summed E-state index contributed by atoms with van der Waals surface area (Å²) >= 11 is 0. The largest absolute Gasteiger partial charge is 0.481 e. The number of carbonyl (C=O) groups excluding carboxylic acids is 2. The highest BCUT2D eigenvalue weighted by Crippen LogP contribution is 2.54. The van der Waals surface area contributed by atoms with Gasteiger partial charge >= 0.3 is 12.1 Å². The summed E-state index contributed by atoms with van der Waals surface area (Å²) in [5, 5.41) is 12.4. The maximum absolute atomic E-state index is 12.1. The molecule has 118 valence electrons. The molecular formula is C15H23NO5. The Morgan fingerprint density at radius 1 is 1.19 bits per heavy atom. The van der Waals surface area contributed by atoms with Gasteiger partial charge in [0.2, 0.25) is 0 Å². The van der Waals surface area contributed by atoms with E-state index in [2.05, 4.69) is 5.32 Å². The fourth-order valence-corrected chi connectivity index (χ4v) is 3.52. The van der Waals surface area contributed by atoms with E-state index in [9.17, 15) is 19.5 Å². The molecule has 2 rings (SSSR count). The number of carbonyl (C=O) groups is 3. The summed E-state index contributed by atoms with van der Waals surface area (Å²) in [6.07, 6.45) is 2.23. The summed E-state index contributed by atoms with van der Waals surface area (Å²) in [7, 11) is 0. The van der Waals surface area contributed by atoms with Crippen molar-refractivity contribution in [2.75, 3.05) is 0 Å². The van der Waals surface area contributed by atoms with Crippen molar-refractivity contribution in [2.45, 2.75) is 70.4 Å². The van der Waals surface area contributed by atoms with Crippen molar-refractivity contribution in [3.8, 4) is 0 Å². The van der Waals surface area contributed by atoms with Crippen molar-refractivity contribution in [2.24, 2.45) is 5.41 Å². The van der Waals surface area contributed by atoms with E-state index in [0.29, 0.717) is 12.8 Å².